The second-order valence-electron chi connectivity index (χ2n) is 4.83. The van der Waals surface area contributed by atoms with Crippen molar-refractivity contribution < 1.29 is 14.5 Å². The number of rotatable bonds is 6. The van der Waals surface area contributed by atoms with Crippen molar-refractivity contribution in [1.29, 1.82) is 0 Å². The van der Waals surface area contributed by atoms with Crippen molar-refractivity contribution in [3.63, 3.8) is 0 Å². The second kappa shape index (κ2) is 5.68. The predicted molar refractivity (Wildman–Crippen MR) is 70.6 cm³/mol. The van der Waals surface area contributed by atoms with Crippen molar-refractivity contribution in [2.45, 2.75) is 25.3 Å². The molecule has 0 aromatic heterocycles. The summed E-state index contributed by atoms with van der Waals surface area (Å²) in [5.41, 5.74) is 5.54. The summed E-state index contributed by atoms with van der Waals surface area (Å²) >= 11 is 0. The first-order chi connectivity index (χ1) is 9.49. The van der Waals surface area contributed by atoms with Crippen LogP contribution >= 0.6 is 0 Å². The lowest BCUT2D eigenvalue weighted by Crippen LogP contribution is -2.46. The number of carbonyl (C=O) groups excluding carboxylic acids is 2. The molecule has 0 spiro atoms. The molecule has 1 aliphatic rings. The van der Waals surface area contributed by atoms with Gasteiger partial charge in [-0.15, -0.1) is 0 Å². The van der Waals surface area contributed by atoms with Gasteiger partial charge in [-0.05, 0) is 12.8 Å². The van der Waals surface area contributed by atoms with Gasteiger partial charge in [0, 0.05) is 24.0 Å². The van der Waals surface area contributed by atoms with Crippen LogP contribution in [0.15, 0.2) is 24.3 Å². The van der Waals surface area contributed by atoms with Crippen LogP contribution in [0.4, 0.5) is 5.69 Å². The zero-order valence-corrected chi connectivity index (χ0v) is 10.7. The summed E-state index contributed by atoms with van der Waals surface area (Å²) in [6.45, 7) is 0. The maximum absolute atomic E-state index is 11.7. The van der Waals surface area contributed by atoms with Crippen LogP contribution in [-0.2, 0) is 16.0 Å². The summed E-state index contributed by atoms with van der Waals surface area (Å²) in [4.78, 5) is 33.5. The molecule has 0 unspecified atom stereocenters. The first-order valence-corrected chi connectivity index (χ1v) is 6.31. The van der Waals surface area contributed by atoms with Crippen LogP contribution in [0, 0.1) is 16.0 Å². The van der Waals surface area contributed by atoms with Crippen LogP contribution in [0.2, 0.25) is 0 Å². The first kappa shape index (κ1) is 14.0. The fourth-order valence-corrected chi connectivity index (χ4v) is 1.94. The quantitative estimate of drug-likeness (QED) is 0.582. The number of para-hydroxylation sites is 1. The molecule has 0 aliphatic heterocycles. The molecule has 1 aliphatic carbocycles. The van der Waals surface area contributed by atoms with Gasteiger partial charge in [-0.25, -0.2) is 0 Å². The lowest BCUT2D eigenvalue weighted by atomic mass is 10.0. The second-order valence-corrected chi connectivity index (χ2v) is 4.83. The Labute approximate surface area is 115 Å². The number of nitro groups is 1. The third-order valence-corrected chi connectivity index (χ3v) is 3.22. The Morgan fingerprint density at radius 2 is 2.05 bits per heavy atom. The number of nitrogens with two attached hydrogens (primary N) is 1. The van der Waals surface area contributed by atoms with Gasteiger partial charge in [-0.1, -0.05) is 18.2 Å². The van der Waals surface area contributed by atoms with Gasteiger partial charge in [-0.2, -0.15) is 0 Å². The number of hydrogen-bond acceptors (Lipinski definition) is 4. The maximum Gasteiger partial charge on any atom is 0.272 e. The summed E-state index contributed by atoms with van der Waals surface area (Å²) in [5.74, 6) is -0.966. The Morgan fingerprint density at radius 3 is 2.60 bits per heavy atom. The fourth-order valence-electron chi connectivity index (χ4n) is 1.94. The van der Waals surface area contributed by atoms with E-state index >= 15 is 0 Å². The van der Waals surface area contributed by atoms with Gasteiger partial charge in [0.15, 0.2) is 0 Å². The van der Waals surface area contributed by atoms with E-state index in [-0.39, 0.29) is 23.9 Å². The normalized spacial score (nSPS) is 15.4. The number of nitro benzene ring substituents is 1. The van der Waals surface area contributed by atoms with Crippen LogP contribution in [0.5, 0.6) is 0 Å². The average Bonchev–Trinajstić information content (AvgIpc) is 3.22. The smallest absolute Gasteiger partial charge is 0.272 e. The van der Waals surface area contributed by atoms with E-state index in [1.165, 1.54) is 6.07 Å². The van der Waals surface area contributed by atoms with Crippen LogP contribution in [0.3, 0.4) is 0 Å². The Bertz CT molecular complexity index is 554. The highest BCUT2D eigenvalue weighted by molar-refractivity contribution is 5.88. The minimum atomic E-state index is -0.927. The molecule has 106 valence electrons. The highest BCUT2D eigenvalue weighted by Crippen LogP contribution is 2.29. The lowest BCUT2D eigenvalue weighted by molar-refractivity contribution is -0.385. The Balaban J connectivity index is 2.13. The van der Waals surface area contributed by atoms with E-state index in [0.29, 0.717) is 5.56 Å². The molecule has 2 amide bonds. The van der Waals surface area contributed by atoms with Gasteiger partial charge in [-0.3, -0.25) is 19.7 Å². The van der Waals surface area contributed by atoms with Crippen molar-refractivity contribution in [3.8, 4) is 0 Å². The molecule has 7 heteroatoms. The van der Waals surface area contributed by atoms with E-state index in [9.17, 15) is 19.7 Å². The number of hydrogen-bond donors (Lipinski definition) is 2. The summed E-state index contributed by atoms with van der Waals surface area (Å²) in [7, 11) is 0. The summed E-state index contributed by atoms with van der Waals surface area (Å²) in [5, 5.41) is 13.5. The number of amides is 2. The van der Waals surface area contributed by atoms with Gasteiger partial charge in [0.2, 0.25) is 11.8 Å². The van der Waals surface area contributed by atoms with Crippen LogP contribution in [0.25, 0.3) is 0 Å². The first-order valence-electron chi connectivity index (χ1n) is 6.31. The minimum Gasteiger partial charge on any atom is -0.368 e. The lowest BCUT2D eigenvalue weighted by Gasteiger charge is -2.15. The van der Waals surface area contributed by atoms with Crippen LogP contribution < -0.4 is 11.1 Å². The molecule has 1 fully saturated rings. The molecule has 1 aromatic rings. The molecule has 0 bridgehead atoms. The molecule has 1 aromatic carbocycles. The number of benzene rings is 1. The van der Waals surface area contributed by atoms with E-state index in [1.807, 2.05) is 0 Å². The van der Waals surface area contributed by atoms with Crippen molar-refractivity contribution in [2.75, 3.05) is 0 Å². The van der Waals surface area contributed by atoms with Gasteiger partial charge in [0.25, 0.3) is 5.69 Å². The topological polar surface area (TPSA) is 115 Å². The predicted octanol–water partition coefficient (Wildman–Crippen LogP) is 0.517. The van der Waals surface area contributed by atoms with Crippen LogP contribution in [-0.4, -0.2) is 22.8 Å². The SMILES string of the molecule is NC(=O)[C@H](Cc1ccccc1[N+](=O)[O-])NC(=O)C1CC1. The summed E-state index contributed by atoms with van der Waals surface area (Å²) < 4.78 is 0. The Kier molecular flexibility index (Phi) is 3.97. The third-order valence-electron chi connectivity index (χ3n) is 3.22. The molecule has 0 radical (unpaired) electrons. The highest BCUT2D eigenvalue weighted by Gasteiger charge is 2.32. The van der Waals surface area contributed by atoms with E-state index in [1.54, 1.807) is 18.2 Å². The zero-order valence-electron chi connectivity index (χ0n) is 10.7. The molecule has 3 N–H and O–H groups in total. The van der Waals surface area contributed by atoms with E-state index in [2.05, 4.69) is 5.32 Å². The maximum atomic E-state index is 11.7. The average molecular weight is 277 g/mol. The van der Waals surface area contributed by atoms with Crippen molar-refractivity contribution >= 4 is 17.5 Å². The van der Waals surface area contributed by atoms with Crippen molar-refractivity contribution in [2.24, 2.45) is 11.7 Å². The largest absolute Gasteiger partial charge is 0.368 e. The number of carbonyl (C=O) groups is 2. The monoisotopic (exact) mass is 277 g/mol. The zero-order chi connectivity index (χ0) is 14.7. The van der Waals surface area contributed by atoms with E-state index < -0.39 is 16.9 Å². The summed E-state index contributed by atoms with van der Waals surface area (Å²) in [6.07, 6.45) is 1.64. The molecular weight excluding hydrogens is 262 g/mol. The molecule has 0 saturated heterocycles. The third kappa shape index (κ3) is 3.31. The van der Waals surface area contributed by atoms with E-state index in [0.717, 1.165) is 12.8 Å². The number of nitrogens with one attached hydrogen (secondary N) is 1. The van der Waals surface area contributed by atoms with E-state index in [4.69, 9.17) is 5.73 Å². The number of nitrogens with zero attached hydrogens (tertiary/aromatic N) is 1. The van der Waals surface area contributed by atoms with Gasteiger partial charge >= 0.3 is 0 Å². The Morgan fingerprint density at radius 1 is 1.40 bits per heavy atom. The summed E-state index contributed by atoms with van der Waals surface area (Å²) in [6, 6.07) is 5.17. The molecule has 2 rings (SSSR count). The van der Waals surface area contributed by atoms with Gasteiger partial charge < -0.3 is 11.1 Å². The molecule has 20 heavy (non-hydrogen) atoms. The molecule has 0 heterocycles. The Hall–Kier alpha value is -2.44. The van der Waals surface area contributed by atoms with Crippen LogP contribution in [0.1, 0.15) is 18.4 Å². The molecule has 1 saturated carbocycles. The fraction of sp³-hybridized carbons (Fsp3) is 0.385. The molecular formula is C13H15N3O4. The van der Waals surface area contributed by atoms with Gasteiger partial charge in [0.1, 0.15) is 6.04 Å². The molecule has 7 nitrogen and oxygen atoms in total. The van der Waals surface area contributed by atoms with Crippen molar-refractivity contribution in [3.05, 3.63) is 39.9 Å². The minimum absolute atomic E-state index is 0.0188. The molecule has 1 atom stereocenters. The number of primary amides is 1. The van der Waals surface area contributed by atoms with Gasteiger partial charge in [0.05, 0.1) is 4.92 Å². The van der Waals surface area contributed by atoms with Crippen molar-refractivity contribution in [1.82, 2.24) is 5.32 Å². The highest BCUT2D eigenvalue weighted by atomic mass is 16.6. The standard InChI is InChI=1S/C13H15N3O4/c14-12(17)10(15-13(18)8-5-6-8)7-9-3-1-2-4-11(9)16(19)20/h1-4,8,10H,5-7H2,(H2,14,17)(H,15,18)/t10-/m0/s1.